The molecule has 140 valence electrons. The van der Waals surface area contributed by atoms with Gasteiger partial charge in [-0.2, -0.15) is 8.78 Å². The molecule has 1 aromatic heterocycles. The molecule has 0 aliphatic rings. The number of hydrogen-bond donors (Lipinski definition) is 1. The number of thioether (sulfide) groups is 1. The summed E-state index contributed by atoms with van der Waals surface area (Å²) in [7, 11) is 0. The summed E-state index contributed by atoms with van der Waals surface area (Å²) in [5.41, 5.74) is 0.905. The van der Waals surface area contributed by atoms with Crippen molar-refractivity contribution in [2.45, 2.75) is 11.0 Å². The van der Waals surface area contributed by atoms with E-state index >= 15 is 0 Å². The Hall–Kier alpha value is -2.23. The predicted molar refractivity (Wildman–Crippen MR) is 101 cm³/mol. The fourth-order valence-electron chi connectivity index (χ4n) is 2.09. The number of imide groups is 1. The Kier molecular flexibility index (Phi) is 6.25. The lowest BCUT2D eigenvalue weighted by atomic mass is 10.2. The summed E-state index contributed by atoms with van der Waals surface area (Å²) < 4.78 is 30.0. The average molecular weight is 429 g/mol. The van der Waals surface area contributed by atoms with Crippen LogP contribution in [0.15, 0.2) is 46.8 Å². The molecule has 0 bridgehead atoms. The van der Waals surface area contributed by atoms with E-state index in [0.717, 1.165) is 10.2 Å². The van der Waals surface area contributed by atoms with Crippen molar-refractivity contribution in [1.82, 2.24) is 10.3 Å². The lowest BCUT2D eigenvalue weighted by Crippen LogP contribution is -2.31. The molecule has 3 rings (SSSR count). The second-order valence-corrected chi connectivity index (χ2v) is 7.85. The zero-order valence-corrected chi connectivity index (χ0v) is 15.8. The molecular formula is C17H11ClF2N2O3S2. The van der Waals surface area contributed by atoms with E-state index in [1.54, 1.807) is 12.1 Å². The standard InChI is InChI=1S/C17H11ClF2N2O3S2/c18-10-3-6-13-12(7-10)21-17(27-13)26-8-14(23)22-15(24)9-1-4-11(5-2-9)25-16(19)20/h1-7,16H,8H2,(H,22,23,24). The van der Waals surface area contributed by atoms with Crippen LogP contribution in [0.1, 0.15) is 10.4 Å². The molecule has 2 amide bonds. The molecule has 0 aliphatic carbocycles. The molecule has 0 unspecified atom stereocenters. The zero-order valence-electron chi connectivity index (χ0n) is 13.4. The van der Waals surface area contributed by atoms with Crippen LogP contribution in [-0.2, 0) is 4.79 Å². The summed E-state index contributed by atoms with van der Waals surface area (Å²) in [6.07, 6.45) is 0. The molecule has 2 aromatic carbocycles. The van der Waals surface area contributed by atoms with Gasteiger partial charge in [-0.05, 0) is 42.5 Å². The van der Waals surface area contributed by atoms with Crippen LogP contribution in [-0.4, -0.2) is 29.2 Å². The fourth-order valence-corrected chi connectivity index (χ4v) is 4.11. The van der Waals surface area contributed by atoms with Gasteiger partial charge in [0.2, 0.25) is 5.91 Å². The van der Waals surface area contributed by atoms with Gasteiger partial charge in [0.15, 0.2) is 4.34 Å². The van der Waals surface area contributed by atoms with Crippen molar-refractivity contribution in [1.29, 1.82) is 0 Å². The number of nitrogens with zero attached hydrogens (tertiary/aromatic N) is 1. The van der Waals surface area contributed by atoms with Gasteiger partial charge in [0.05, 0.1) is 16.0 Å². The Morgan fingerprint density at radius 2 is 1.96 bits per heavy atom. The van der Waals surface area contributed by atoms with Crippen molar-refractivity contribution < 1.29 is 23.1 Å². The third-order valence-corrected chi connectivity index (χ3v) is 5.67. The minimum atomic E-state index is -2.94. The largest absolute Gasteiger partial charge is 0.435 e. The van der Waals surface area contributed by atoms with E-state index in [1.807, 2.05) is 6.07 Å². The number of aromatic nitrogens is 1. The van der Waals surface area contributed by atoms with E-state index in [2.05, 4.69) is 15.0 Å². The maximum Gasteiger partial charge on any atom is 0.387 e. The summed E-state index contributed by atoms with van der Waals surface area (Å²) in [5, 5.41) is 2.82. The maximum atomic E-state index is 12.1. The highest BCUT2D eigenvalue weighted by molar-refractivity contribution is 8.01. The Morgan fingerprint density at radius 1 is 1.22 bits per heavy atom. The smallest absolute Gasteiger partial charge is 0.387 e. The van der Waals surface area contributed by atoms with E-state index in [1.165, 1.54) is 47.4 Å². The summed E-state index contributed by atoms with van der Waals surface area (Å²) >= 11 is 8.54. The highest BCUT2D eigenvalue weighted by atomic mass is 35.5. The number of thiazole rings is 1. The van der Waals surface area contributed by atoms with Crippen LogP contribution >= 0.6 is 34.7 Å². The Bertz CT molecular complexity index is 980. The molecule has 0 spiro atoms. The van der Waals surface area contributed by atoms with E-state index in [4.69, 9.17) is 11.6 Å². The Morgan fingerprint density at radius 3 is 2.67 bits per heavy atom. The van der Waals surface area contributed by atoms with Gasteiger partial charge in [-0.15, -0.1) is 11.3 Å². The highest BCUT2D eigenvalue weighted by Crippen LogP contribution is 2.30. The van der Waals surface area contributed by atoms with Gasteiger partial charge >= 0.3 is 6.61 Å². The molecule has 1 heterocycles. The lowest BCUT2D eigenvalue weighted by molar-refractivity contribution is -0.117. The third-order valence-electron chi connectivity index (χ3n) is 3.25. The van der Waals surface area contributed by atoms with Gasteiger partial charge in [-0.25, -0.2) is 4.98 Å². The van der Waals surface area contributed by atoms with Crippen molar-refractivity contribution in [3.8, 4) is 5.75 Å². The minimum absolute atomic E-state index is 0.00582. The summed E-state index contributed by atoms with van der Waals surface area (Å²) in [6.45, 7) is -2.94. The van der Waals surface area contributed by atoms with Gasteiger partial charge in [0, 0.05) is 10.6 Å². The Labute approximate surface area is 165 Å². The van der Waals surface area contributed by atoms with Crippen molar-refractivity contribution in [2.24, 2.45) is 0 Å². The number of alkyl halides is 2. The third kappa shape index (κ3) is 5.38. The fraction of sp³-hybridized carbons (Fsp3) is 0.118. The number of fused-ring (bicyclic) bond motifs is 1. The second kappa shape index (κ2) is 8.64. The van der Waals surface area contributed by atoms with E-state index < -0.39 is 18.4 Å². The van der Waals surface area contributed by atoms with Crippen molar-refractivity contribution in [2.75, 3.05) is 5.75 Å². The summed E-state index contributed by atoms with van der Waals surface area (Å²) in [5.74, 6) is -1.18. The molecule has 1 N–H and O–H groups in total. The topological polar surface area (TPSA) is 68.3 Å². The number of halogens is 3. The van der Waals surface area contributed by atoms with Crippen LogP contribution in [0.4, 0.5) is 8.78 Å². The molecule has 0 fully saturated rings. The first-order valence-electron chi connectivity index (χ1n) is 7.48. The van der Waals surface area contributed by atoms with Gasteiger partial charge in [0.1, 0.15) is 5.75 Å². The molecule has 27 heavy (non-hydrogen) atoms. The molecule has 0 aliphatic heterocycles. The van der Waals surface area contributed by atoms with Crippen LogP contribution in [0.2, 0.25) is 5.02 Å². The van der Waals surface area contributed by atoms with Crippen molar-refractivity contribution in [3.63, 3.8) is 0 Å². The van der Waals surface area contributed by atoms with Crippen LogP contribution in [0.3, 0.4) is 0 Å². The molecule has 10 heteroatoms. The molecule has 0 saturated heterocycles. The van der Waals surface area contributed by atoms with Crippen molar-refractivity contribution in [3.05, 3.63) is 53.1 Å². The number of carbonyl (C=O) groups is 2. The van der Waals surface area contributed by atoms with Gasteiger partial charge < -0.3 is 4.74 Å². The lowest BCUT2D eigenvalue weighted by Gasteiger charge is -2.06. The zero-order chi connectivity index (χ0) is 19.4. The van der Waals surface area contributed by atoms with E-state index in [0.29, 0.717) is 9.36 Å². The van der Waals surface area contributed by atoms with E-state index in [-0.39, 0.29) is 17.1 Å². The molecule has 5 nitrogen and oxygen atoms in total. The average Bonchev–Trinajstić information content (AvgIpc) is 3.02. The van der Waals surface area contributed by atoms with Crippen LogP contribution in [0.25, 0.3) is 10.2 Å². The minimum Gasteiger partial charge on any atom is -0.435 e. The van der Waals surface area contributed by atoms with Gasteiger partial charge in [-0.3, -0.25) is 14.9 Å². The van der Waals surface area contributed by atoms with E-state index in [9.17, 15) is 18.4 Å². The molecule has 0 radical (unpaired) electrons. The quantitative estimate of drug-likeness (QED) is 0.581. The SMILES string of the molecule is O=C(CSc1nc2cc(Cl)ccc2s1)NC(=O)c1ccc(OC(F)F)cc1. The first-order chi connectivity index (χ1) is 12.9. The molecule has 3 aromatic rings. The number of nitrogens with one attached hydrogen (secondary N) is 1. The molecular weight excluding hydrogens is 418 g/mol. The first-order valence-corrected chi connectivity index (χ1v) is 9.66. The van der Waals surface area contributed by atoms with Crippen LogP contribution < -0.4 is 10.1 Å². The summed E-state index contributed by atoms with van der Waals surface area (Å²) in [4.78, 5) is 28.4. The summed E-state index contributed by atoms with van der Waals surface area (Å²) in [6, 6.07) is 10.4. The maximum absolute atomic E-state index is 12.1. The monoisotopic (exact) mass is 428 g/mol. The normalized spacial score (nSPS) is 11.0. The molecule has 0 saturated carbocycles. The van der Waals surface area contributed by atoms with Crippen LogP contribution in [0, 0.1) is 0 Å². The number of hydrogen-bond acceptors (Lipinski definition) is 6. The first kappa shape index (κ1) is 19.5. The molecule has 0 atom stereocenters. The Balaban J connectivity index is 1.54. The number of benzene rings is 2. The number of carbonyl (C=O) groups excluding carboxylic acids is 2. The van der Waals surface area contributed by atoms with Crippen molar-refractivity contribution >= 4 is 56.7 Å². The van der Waals surface area contributed by atoms with Gasteiger partial charge in [0.25, 0.3) is 5.91 Å². The van der Waals surface area contributed by atoms with Crippen LogP contribution in [0.5, 0.6) is 5.75 Å². The number of rotatable bonds is 6. The number of ether oxygens (including phenoxy) is 1. The highest BCUT2D eigenvalue weighted by Gasteiger charge is 2.13. The number of amides is 2. The van der Waals surface area contributed by atoms with Gasteiger partial charge in [-0.1, -0.05) is 23.4 Å². The predicted octanol–water partition coefficient (Wildman–Crippen LogP) is 4.60. The second-order valence-electron chi connectivity index (χ2n) is 5.16.